The Morgan fingerprint density at radius 3 is 1.68 bits per heavy atom. The fraction of sp³-hybridized carbons (Fsp3) is 0.0476. The van der Waals surface area contributed by atoms with Gasteiger partial charge in [0.2, 0.25) is 0 Å². The van der Waals surface area contributed by atoms with Gasteiger partial charge in [-0.25, -0.2) is 0 Å². The fourth-order valence-corrected chi connectivity index (χ4v) is 13.3. The summed E-state index contributed by atoms with van der Waals surface area (Å²) in [6.45, 7) is 4.77. The molecule has 0 spiro atoms. The van der Waals surface area contributed by atoms with Gasteiger partial charge in [0.25, 0.3) is 0 Å². The first kappa shape index (κ1) is 38.0. The van der Waals surface area contributed by atoms with Crippen molar-refractivity contribution in [2.24, 2.45) is 0 Å². The van der Waals surface area contributed by atoms with E-state index in [1.807, 2.05) is 0 Å². The van der Waals surface area contributed by atoms with E-state index in [9.17, 15) is 0 Å². The zero-order valence-corrected chi connectivity index (χ0v) is 37.9. The first-order valence-electron chi connectivity index (χ1n) is 22.6. The van der Waals surface area contributed by atoms with Crippen molar-refractivity contribution in [3.63, 3.8) is 0 Å². The average Bonchev–Trinajstić information content (AvgIpc) is 3.99. The number of nitrogens with zero attached hydrogens (tertiary/aromatic N) is 1. The van der Waals surface area contributed by atoms with Gasteiger partial charge in [0.05, 0.1) is 0 Å². The third-order valence-corrected chi connectivity index (χ3v) is 16.5. The molecule has 0 N–H and O–H groups in total. The number of benzene rings is 10. The van der Waals surface area contributed by atoms with Crippen molar-refractivity contribution in [3.05, 3.63) is 236 Å². The molecule has 2 heterocycles. The number of aromatic nitrogens is 1. The molecule has 306 valence electrons. The first-order chi connectivity index (χ1) is 32.0. The van der Waals surface area contributed by atoms with Crippen LogP contribution in [0.15, 0.2) is 224 Å². The number of rotatable bonds is 6. The van der Waals surface area contributed by atoms with Gasteiger partial charge in [0.15, 0.2) is 0 Å². The predicted octanol–water partition coefficient (Wildman–Crippen LogP) is 16.8. The third-order valence-electron chi connectivity index (χ3n) is 14.0. The minimum atomic E-state index is -0.0799. The average molecular weight is 893 g/mol. The second kappa shape index (κ2) is 14.8. The summed E-state index contributed by atoms with van der Waals surface area (Å²) in [6, 6.07) is 83.9. The number of fused-ring (bicyclic) bond motifs is 9. The Morgan fingerprint density at radius 2 is 0.877 bits per heavy atom. The SMILES string of the molecule is CC1(C)c2ccccc2-c2ccc(-c3cc(-c4cc(-c5ccc(-c6ccccc6)cc5)cc(-c5ccc6c7ccccc7n(-c7ccccc7)c6c5)c4)cc4c3[se]c3ccccc34)cc21. The van der Waals surface area contributed by atoms with Gasteiger partial charge < -0.3 is 0 Å². The van der Waals surface area contributed by atoms with Gasteiger partial charge in [-0.05, 0) is 18.2 Å². The summed E-state index contributed by atoms with van der Waals surface area (Å²) in [5.41, 5.74) is 21.3. The number of hydrogen-bond acceptors (Lipinski definition) is 0. The first-order valence-corrected chi connectivity index (χ1v) is 24.3. The summed E-state index contributed by atoms with van der Waals surface area (Å²) in [6.07, 6.45) is 0. The van der Waals surface area contributed by atoms with Gasteiger partial charge in [-0.15, -0.1) is 0 Å². The van der Waals surface area contributed by atoms with Gasteiger partial charge in [-0.2, -0.15) is 0 Å². The van der Waals surface area contributed by atoms with Crippen LogP contribution in [0.2, 0.25) is 0 Å². The predicted molar refractivity (Wildman–Crippen MR) is 277 cm³/mol. The van der Waals surface area contributed by atoms with E-state index in [2.05, 4.69) is 243 Å². The van der Waals surface area contributed by atoms with Crippen molar-refractivity contribution in [2.75, 3.05) is 0 Å². The summed E-state index contributed by atoms with van der Waals surface area (Å²) in [4.78, 5) is 0. The number of para-hydroxylation sites is 2. The summed E-state index contributed by atoms with van der Waals surface area (Å²) in [5, 5.41) is 5.25. The topological polar surface area (TPSA) is 4.93 Å². The van der Waals surface area contributed by atoms with Crippen molar-refractivity contribution < 1.29 is 0 Å². The maximum absolute atomic E-state index is 2.50. The maximum atomic E-state index is 2.50. The van der Waals surface area contributed by atoms with E-state index in [-0.39, 0.29) is 19.9 Å². The molecule has 0 fully saturated rings. The van der Waals surface area contributed by atoms with Crippen LogP contribution in [0, 0.1) is 0 Å². The summed E-state index contributed by atoms with van der Waals surface area (Å²) in [5.74, 6) is 0. The molecule has 0 aliphatic heterocycles. The Kier molecular flexibility index (Phi) is 8.65. The van der Waals surface area contributed by atoms with Gasteiger partial charge in [0.1, 0.15) is 0 Å². The van der Waals surface area contributed by atoms with E-state index in [0.717, 1.165) is 5.69 Å². The second-order valence-electron chi connectivity index (χ2n) is 18.1. The fourth-order valence-electron chi connectivity index (χ4n) is 10.7. The van der Waals surface area contributed by atoms with Crippen molar-refractivity contribution in [1.29, 1.82) is 0 Å². The molecule has 12 aromatic rings. The van der Waals surface area contributed by atoms with Crippen LogP contribution in [0.25, 0.3) is 114 Å². The molecule has 2 heteroatoms. The zero-order chi connectivity index (χ0) is 43.2. The molecule has 0 radical (unpaired) electrons. The molecule has 2 aromatic heterocycles. The van der Waals surface area contributed by atoms with E-state index < -0.39 is 0 Å². The zero-order valence-electron chi connectivity index (χ0n) is 36.2. The van der Waals surface area contributed by atoms with Gasteiger partial charge >= 0.3 is 303 Å². The van der Waals surface area contributed by atoms with Crippen LogP contribution < -0.4 is 0 Å². The Balaban J connectivity index is 1.04. The summed E-state index contributed by atoms with van der Waals surface area (Å²) < 4.78 is 5.35. The van der Waals surface area contributed by atoms with Gasteiger partial charge in [-0.1, -0.05) is 66.7 Å². The van der Waals surface area contributed by atoms with E-state index in [1.165, 1.54) is 119 Å². The Hall–Kier alpha value is -7.48. The van der Waals surface area contributed by atoms with Crippen LogP contribution in [0.4, 0.5) is 0 Å². The van der Waals surface area contributed by atoms with Crippen LogP contribution >= 0.6 is 0 Å². The normalized spacial score (nSPS) is 12.9. The van der Waals surface area contributed by atoms with Crippen molar-refractivity contribution in [1.82, 2.24) is 4.57 Å². The quantitative estimate of drug-likeness (QED) is 0.147. The Bertz CT molecular complexity index is 3830. The van der Waals surface area contributed by atoms with Crippen molar-refractivity contribution in [3.8, 4) is 72.4 Å². The van der Waals surface area contributed by atoms with Crippen LogP contribution in [-0.4, -0.2) is 19.1 Å². The van der Waals surface area contributed by atoms with Crippen molar-refractivity contribution in [2.45, 2.75) is 19.3 Å². The van der Waals surface area contributed by atoms with E-state index >= 15 is 0 Å². The molecule has 10 aromatic carbocycles. The van der Waals surface area contributed by atoms with Gasteiger partial charge in [0, 0.05) is 0 Å². The molecule has 1 aliphatic carbocycles. The van der Waals surface area contributed by atoms with Crippen LogP contribution in [-0.2, 0) is 5.41 Å². The van der Waals surface area contributed by atoms with Gasteiger partial charge in [-0.3, -0.25) is 0 Å². The van der Waals surface area contributed by atoms with Crippen molar-refractivity contribution >= 4 is 55.6 Å². The van der Waals surface area contributed by atoms with E-state index in [1.54, 1.807) is 0 Å². The third kappa shape index (κ3) is 6.13. The van der Waals surface area contributed by atoms with E-state index in [4.69, 9.17) is 0 Å². The van der Waals surface area contributed by atoms with Crippen LogP contribution in [0.1, 0.15) is 25.0 Å². The summed E-state index contributed by atoms with van der Waals surface area (Å²) >= 11 is 0.192. The molecule has 0 bridgehead atoms. The molecular formula is C63H43NSe. The Labute approximate surface area is 385 Å². The minimum absolute atomic E-state index is 0.0799. The molecular weight excluding hydrogens is 850 g/mol. The standard InChI is InChI=1S/C63H43NSe/c1-63(2)57-22-12-9-19-50(57)51-31-30-44(38-58(51)63)55-36-48(37-56-54-21-11-14-24-61(54)65-62(55)56)47-34-45(42-27-25-41(26-28-42)40-15-5-3-6-16-40)33-46(35-47)43-29-32-53-52-20-10-13-23-59(52)64(60(53)39-43)49-17-7-4-8-18-49/h3-39H,1-2H3. The summed E-state index contributed by atoms with van der Waals surface area (Å²) in [7, 11) is 0. The molecule has 0 atom stereocenters. The number of hydrogen-bond donors (Lipinski definition) is 0. The molecule has 0 saturated heterocycles. The molecule has 65 heavy (non-hydrogen) atoms. The Morgan fingerprint density at radius 1 is 0.323 bits per heavy atom. The molecule has 0 unspecified atom stereocenters. The van der Waals surface area contributed by atoms with E-state index in [0.29, 0.717) is 0 Å². The monoisotopic (exact) mass is 893 g/mol. The molecule has 1 nitrogen and oxygen atoms in total. The van der Waals surface area contributed by atoms with Crippen LogP contribution in [0.3, 0.4) is 0 Å². The second-order valence-corrected chi connectivity index (χ2v) is 20.3. The molecule has 1 aliphatic rings. The molecule has 0 amide bonds. The molecule has 13 rings (SSSR count). The molecule has 0 saturated carbocycles. The van der Waals surface area contributed by atoms with Crippen LogP contribution in [0.5, 0.6) is 0 Å².